The molecule has 0 spiro atoms. The minimum Gasteiger partial charge on any atom is -0.744 e. The van der Waals surface area contributed by atoms with Crippen LogP contribution in [0.5, 0.6) is 0 Å². The summed E-state index contributed by atoms with van der Waals surface area (Å²) in [5, 5.41) is 0. The van der Waals surface area contributed by atoms with E-state index in [9.17, 15) is 22.6 Å². The Morgan fingerprint density at radius 1 is 0.788 bits per heavy atom. The Labute approximate surface area is 240 Å². The topological polar surface area (TPSA) is 110 Å². The van der Waals surface area contributed by atoms with Crippen molar-refractivity contribution in [3.05, 3.63) is 54.6 Å². The summed E-state index contributed by atoms with van der Waals surface area (Å²) in [5.41, 5.74) is -0.412. The van der Waals surface area contributed by atoms with Gasteiger partial charge in [0.25, 0.3) is 0 Å². The zero-order chi connectivity index (χ0) is 23.8. The molecule has 0 saturated carbocycles. The summed E-state index contributed by atoms with van der Waals surface area (Å²) >= 11 is 0. The molecule has 7 nitrogen and oxygen atoms in total. The number of carbonyl (C=O) groups excluding carboxylic acids is 2. The van der Waals surface area contributed by atoms with Gasteiger partial charge in [-0.15, -0.1) is 13.2 Å². The SMILES string of the molecule is C=CCCCCCCOC(=O)c1ccc(S(=O)(=O)[O-])cc1C(=O)OCCCCCCC=C.[K+]. The van der Waals surface area contributed by atoms with E-state index in [1.807, 2.05) is 12.2 Å². The number of hydrogen-bond acceptors (Lipinski definition) is 7. The zero-order valence-corrected chi connectivity index (χ0v) is 23.5. The second-order valence-corrected chi connectivity index (χ2v) is 8.80. The Bertz CT molecular complexity index is 866. The van der Waals surface area contributed by atoms with Crippen molar-refractivity contribution in [2.24, 2.45) is 0 Å². The van der Waals surface area contributed by atoms with E-state index in [4.69, 9.17) is 9.47 Å². The number of unbranched alkanes of at least 4 members (excludes halogenated alkanes) is 8. The van der Waals surface area contributed by atoms with E-state index >= 15 is 0 Å². The number of benzene rings is 1. The number of allylic oxidation sites excluding steroid dienone is 2. The summed E-state index contributed by atoms with van der Waals surface area (Å²) in [6, 6.07) is 2.98. The molecule has 0 fully saturated rings. The van der Waals surface area contributed by atoms with Crippen LogP contribution in [0.4, 0.5) is 0 Å². The minimum absolute atomic E-state index is 0. The van der Waals surface area contributed by atoms with Crippen molar-refractivity contribution in [1.82, 2.24) is 0 Å². The standard InChI is InChI=1S/C24H34O7S.K/c1-3-5-7-9-11-13-17-30-23(25)21-16-15-20(32(27,28)29)19-22(21)24(26)31-18-14-12-10-8-6-4-2;/h3-4,15-16,19H,1-2,5-14,17-18H2,(H,27,28,29);/q;+1/p-1. The molecule has 0 saturated heterocycles. The minimum atomic E-state index is -4.80. The predicted molar refractivity (Wildman–Crippen MR) is 122 cm³/mol. The van der Waals surface area contributed by atoms with E-state index in [0.29, 0.717) is 12.8 Å². The second kappa shape index (κ2) is 18.5. The summed E-state index contributed by atoms with van der Waals surface area (Å²) in [6.45, 7) is 7.63. The molecule has 0 unspecified atom stereocenters. The summed E-state index contributed by atoms with van der Waals surface area (Å²) < 4.78 is 44.5. The van der Waals surface area contributed by atoms with Crippen molar-refractivity contribution < 1.29 is 83.4 Å². The van der Waals surface area contributed by atoms with Gasteiger partial charge in [-0.3, -0.25) is 0 Å². The molecule has 178 valence electrons. The third-order valence-electron chi connectivity index (χ3n) is 4.79. The fourth-order valence-electron chi connectivity index (χ4n) is 3.00. The fraction of sp³-hybridized carbons (Fsp3) is 0.500. The normalized spacial score (nSPS) is 10.7. The average molecular weight is 505 g/mol. The maximum atomic E-state index is 12.5. The van der Waals surface area contributed by atoms with Crippen molar-refractivity contribution >= 4 is 22.1 Å². The Morgan fingerprint density at radius 3 is 1.70 bits per heavy atom. The van der Waals surface area contributed by atoms with E-state index in [2.05, 4.69) is 13.2 Å². The van der Waals surface area contributed by atoms with Crippen molar-refractivity contribution in [3.63, 3.8) is 0 Å². The first-order valence-corrected chi connectivity index (χ1v) is 12.4. The fourth-order valence-corrected chi connectivity index (χ4v) is 3.50. The Morgan fingerprint density at radius 2 is 1.24 bits per heavy atom. The van der Waals surface area contributed by atoms with Crippen LogP contribution >= 0.6 is 0 Å². The third kappa shape index (κ3) is 13.6. The molecule has 9 heteroatoms. The predicted octanol–water partition coefficient (Wildman–Crippen LogP) is 2.18. The Balaban J connectivity index is 0.0000102. The van der Waals surface area contributed by atoms with Crippen LogP contribution in [0.1, 0.15) is 84.9 Å². The Hall–Kier alpha value is -0.814. The van der Waals surface area contributed by atoms with Gasteiger partial charge in [-0.05, 0) is 56.7 Å². The summed E-state index contributed by atoms with van der Waals surface area (Å²) in [5.74, 6) is -1.62. The maximum absolute atomic E-state index is 12.5. The van der Waals surface area contributed by atoms with E-state index in [-0.39, 0.29) is 75.7 Å². The van der Waals surface area contributed by atoms with Crippen LogP contribution in [-0.4, -0.2) is 38.1 Å². The number of hydrogen-bond donors (Lipinski definition) is 0. The van der Waals surface area contributed by atoms with Crippen molar-refractivity contribution in [3.8, 4) is 0 Å². The van der Waals surface area contributed by atoms with Gasteiger partial charge in [0, 0.05) is 0 Å². The molecule has 0 radical (unpaired) electrons. The summed E-state index contributed by atoms with van der Waals surface area (Å²) in [4.78, 5) is 24.4. The van der Waals surface area contributed by atoms with Gasteiger partial charge in [0.05, 0.1) is 29.2 Å². The van der Waals surface area contributed by atoms with Crippen LogP contribution in [0.15, 0.2) is 48.4 Å². The van der Waals surface area contributed by atoms with Gasteiger partial charge < -0.3 is 14.0 Å². The maximum Gasteiger partial charge on any atom is 1.00 e. The number of ether oxygens (including phenoxy) is 2. The Kier molecular flexibility index (Phi) is 18.0. The molecule has 0 aliphatic heterocycles. The van der Waals surface area contributed by atoms with E-state index in [1.165, 1.54) is 0 Å². The molecule has 0 N–H and O–H groups in total. The summed E-state index contributed by atoms with van der Waals surface area (Å²) in [7, 11) is -4.80. The number of esters is 2. The van der Waals surface area contributed by atoms with Gasteiger partial charge in [0.2, 0.25) is 0 Å². The van der Waals surface area contributed by atoms with Crippen LogP contribution in [0.3, 0.4) is 0 Å². The van der Waals surface area contributed by atoms with E-state index in [1.54, 1.807) is 0 Å². The molecule has 1 rings (SSSR count). The molecular formula is C24H33KO7S. The first-order chi connectivity index (χ1) is 15.3. The van der Waals surface area contributed by atoms with Gasteiger partial charge in [-0.1, -0.05) is 37.8 Å². The molecular weight excluding hydrogens is 471 g/mol. The van der Waals surface area contributed by atoms with Crippen LogP contribution in [0, 0.1) is 0 Å². The molecule has 33 heavy (non-hydrogen) atoms. The quantitative estimate of drug-likeness (QED) is 0.105. The van der Waals surface area contributed by atoms with Gasteiger partial charge in [0.1, 0.15) is 10.1 Å². The van der Waals surface area contributed by atoms with Gasteiger partial charge >= 0.3 is 63.3 Å². The summed E-state index contributed by atoms with van der Waals surface area (Å²) in [6.07, 6.45) is 12.6. The molecule has 0 heterocycles. The van der Waals surface area contributed by atoms with Gasteiger partial charge in [-0.25, -0.2) is 18.0 Å². The van der Waals surface area contributed by atoms with Crippen LogP contribution in [-0.2, 0) is 19.6 Å². The second-order valence-electron chi connectivity index (χ2n) is 7.42. The molecule has 0 aromatic heterocycles. The molecule has 1 aromatic carbocycles. The smallest absolute Gasteiger partial charge is 0.744 e. The van der Waals surface area contributed by atoms with Crippen molar-refractivity contribution in [2.45, 2.75) is 69.1 Å². The molecule has 0 amide bonds. The average Bonchev–Trinajstić information content (AvgIpc) is 2.76. The van der Waals surface area contributed by atoms with Gasteiger partial charge in [-0.2, -0.15) is 0 Å². The van der Waals surface area contributed by atoms with Crippen LogP contribution in [0.25, 0.3) is 0 Å². The van der Waals surface area contributed by atoms with Gasteiger partial charge in [0.15, 0.2) is 0 Å². The molecule has 0 aliphatic carbocycles. The first kappa shape index (κ1) is 32.2. The molecule has 0 aliphatic rings. The van der Waals surface area contributed by atoms with E-state index < -0.39 is 27.0 Å². The van der Waals surface area contributed by atoms with Crippen molar-refractivity contribution in [1.29, 1.82) is 0 Å². The number of carbonyl (C=O) groups is 2. The van der Waals surface area contributed by atoms with Crippen LogP contribution < -0.4 is 51.4 Å². The number of rotatable bonds is 17. The molecule has 0 atom stereocenters. The molecule has 1 aromatic rings. The van der Waals surface area contributed by atoms with Crippen LogP contribution in [0.2, 0.25) is 0 Å². The third-order valence-corrected chi connectivity index (χ3v) is 5.62. The van der Waals surface area contributed by atoms with Crippen molar-refractivity contribution in [2.75, 3.05) is 13.2 Å². The first-order valence-electron chi connectivity index (χ1n) is 11.0. The van der Waals surface area contributed by atoms with E-state index in [0.717, 1.165) is 69.6 Å². The molecule has 0 bridgehead atoms. The monoisotopic (exact) mass is 504 g/mol. The largest absolute Gasteiger partial charge is 1.00 e. The zero-order valence-electron chi connectivity index (χ0n) is 19.6.